The van der Waals surface area contributed by atoms with Crippen molar-refractivity contribution < 1.29 is 5.11 Å². The molecule has 0 rings (SSSR count). The monoisotopic (exact) mass is 200 g/mol. The van der Waals surface area contributed by atoms with Crippen LogP contribution in [0.5, 0.6) is 0 Å². The first-order valence-corrected chi connectivity index (χ1v) is 5.43. The molecule has 1 N–H and O–H groups in total. The predicted octanol–water partition coefficient (Wildman–Crippen LogP) is 3.53. The van der Waals surface area contributed by atoms with Gasteiger partial charge >= 0.3 is 0 Å². The summed E-state index contributed by atoms with van der Waals surface area (Å²) >= 11 is 0. The molecule has 0 saturated heterocycles. The third-order valence-corrected chi connectivity index (χ3v) is 1.82. The summed E-state index contributed by atoms with van der Waals surface area (Å²) in [6, 6.07) is 0. The van der Waals surface area contributed by atoms with Gasteiger partial charge in [-0.2, -0.15) is 10.2 Å². The average Bonchev–Trinajstić information content (AvgIpc) is 2.00. The molecule has 0 aliphatic heterocycles. The Morgan fingerprint density at radius 2 is 1.57 bits per heavy atom. The number of hydrogen-bond donors (Lipinski definition) is 1. The zero-order chi connectivity index (χ0) is 11.2. The second kappa shape index (κ2) is 5.44. The summed E-state index contributed by atoms with van der Waals surface area (Å²) in [5, 5.41) is 17.9. The fourth-order valence-corrected chi connectivity index (χ4v) is 1.02. The lowest BCUT2D eigenvalue weighted by atomic mass is 10.1. The Labute approximate surface area is 87.6 Å². The van der Waals surface area contributed by atoms with Gasteiger partial charge in [-0.1, -0.05) is 19.8 Å². The number of nitrogens with zero attached hydrogens (tertiary/aromatic N) is 2. The van der Waals surface area contributed by atoms with Crippen LogP contribution in [0.15, 0.2) is 10.2 Å². The lowest BCUT2D eigenvalue weighted by Crippen LogP contribution is -2.22. The molecule has 1 atom stereocenters. The topological polar surface area (TPSA) is 45.0 Å². The highest BCUT2D eigenvalue weighted by molar-refractivity contribution is 4.72. The molecular formula is C11H24N2O. The second-order valence-electron chi connectivity index (χ2n) is 5.04. The van der Waals surface area contributed by atoms with E-state index in [4.69, 9.17) is 0 Å². The van der Waals surface area contributed by atoms with E-state index in [1.54, 1.807) is 6.92 Å². The maximum Gasteiger partial charge on any atom is 0.173 e. The molecule has 3 nitrogen and oxygen atoms in total. The van der Waals surface area contributed by atoms with E-state index in [0.29, 0.717) is 6.42 Å². The molecule has 0 radical (unpaired) electrons. The third kappa shape index (κ3) is 8.17. The summed E-state index contributed by atoms with van der Waals surface area (Å²) in [5.74, 6) is 0. The summed E-state index contributed by atoms with van der Waals surface area (Å²) in [6.07, 6.45) is 4.00. The Morgan fingerprint density at radius 1 is 1.00 bits per heavy atom. The van der Waals surface area contributed by atoms with Crippen LogP contribution in [0.2, 0.25) is 0 Å². The van der Waals surface area contributed by atoms with Crippen molar-refractivity contribution >= 4 is 0 Å². The highest BCUT2D eigenvalue weighted by Crippen LogP contribution is 2.19. The van der Waals surface area contributed by atoms with Gasteiger partial charge in [0.1, 0.15) is 0 Å². The van der Waals surface area contributed by atoms with Crippen LogP contribution in [-0.2, 0) is 0 Å². The van der Waals surface area contributed by atoms with Crippen molar-refractivity contribution in [2.45, 2.75) is 71.6 Å². The molecule has 0 amide bonds. The van der Waals surface area contributed by atoms with E-state index in [1.807, 2.05) is 20.8 Å². The SMILES string of the molecule is CCCCCC(C)(O)/N=N/C(C)(C)C. The fourth-order valence-electron chi connectivity index (χ4n) is 1.02. The van der Waals surface area contributed by atoms with Gasteiger partial charge in [-0.25, -0.2) is 0 Å². The molecule has 0 aromatic carbocycles. The van der Waals surface area contributed by atoms with Crippen LogP contribution >= 0.6 is 0 Å². The number of unbranched alkanes of at least 4 members (excludes halogenated alkanes) is 2. The number of aliphatic hydroxyl groups is 1. The average molecular weight is 200 g/mol. The van der Waals surface area contributed by atoms with Crippen molar-refractivity contribution in [1.82, 2.24) is 0 Å². The number of hydrogen-bond acceptors (Lipinski definition) is 3. The molecule has 3 heteroatoms. The molecule has 84 valence electrons. The summed E-state index contributed by atoms with van der Waals surface area (Å²) < 4.78 is 0. The molecule has 0 aromatic heterocycles. The molecule has 0 aliphatic carbocycles. The molecule has 0 aromatic rings. The normalized spacial score (nSPS) is 17.3. The van der Waals surface area contributed by atoms with E-state index in [9.17, 15) is 5.11 Å². The van der Waals surface area contributed by atoms with Gasteiger partial charge < -0.3 is 5.11 Å². The lowest BCUT2D eigenvalue weighted by Gasteiger charge is -2.19. The van der Waals surface area contributed by atoms with E-state index < -0.39 is 5.72 Å². The van der Waals surface area contributed by atoms with E-state index >= 15 is 0 Å². The van der Waals surface area contributed by atoms with Crippen molar-refractivity contribution in [2.75, 3.05) is 0 Å². The van der Waals surface area contributed by atoms with E-state index in [1.165, 1.54) is 0 Å². The summed E-state index contributed by atoms with van der Waals surface area (Å²) in [4.78, 5) is 0. The van der Waals surface area contributed by atoms with Crippen LogP contribution in [0.4, 0.5) is 0 Å². The minimum atomic E-state index is -0.984. The maximum absolute atomic E-state index is 9.84. The number of rotatable bonds is 5. The molecule has 0 saturated carbocycles. The lowest BCUT2D eigenvalue weighted by molar-refractivity contribution is 0.0469. The molecule has 0 heterocycles. The van der Waals surface area contributed by atoms with E-state index in [-0.39, 0.29) is 5.54 Å². The first kappa shape index (κ1) is 13.6. The van der Waals surface area contributed by atoms with Gasteiger partial charge in [0.25, 0.3) is 0 Å². The molecule has 0 aliphatic rings. The van der Waals surface area contributed by atoms with Gasteiger partial charge in [0, 0.05) is 0 Å². The van der Waals surface area contributed by atoms with Crippen LogP contribution in [-0.4, -0.2) is 16.4 Å². The minimum Gasteiger partial charge on any atom is -0.368 e. The minimum absolute atomic E-state index is 0.200. The third-order valence-electron chi connectivity index (χ3n) is 1.82. The van der Waals surface area contributed by atoms with Crippen LogP contribution in [0, 0.1) is 0 Å². The van der Waals surface area contributed by atoms with Gasteiger partial charge in [-0.15, -0.1) is 0 Å². The van der Waals surface area contributed by atoms with Crippen molar-refractivity contribution in [3.8, 4) is 0 Å². The van der Waals surface area contributed by atoms with Crippen molar-refractivity contribution in [2.24, 2.45) is 10.2 Å². The zero-order valence-corrected chi connectivity index (χ0v) is 10.2. The van der Waals surface area contributed by atoms with Gasteiger partial charge in [0.05, 0.1) is 5.54 Å². The largest absolute Gasteiger partial charge is 0.368 e. The van der Waals surface area contributed by atoms with Gasteiger partial charge in [0.2, 0.25) is 0 Å². The fraction of sp³-hybridized carbons (Fsp3) is 1.00. The molecular weight excluding hydrogens is 176 g/mol. The molecule has 0 bridgehead atoms. The predicted molar refractivity (Wildman–Crippen MR) is 59.4 cm³/mol. The Hall–Kier alpha value is -0.440. The van der Waals surface area contributed by atoms with Gasteiger partial charge in [-0.3, -0.25) is 0 Å². The van der Waals surface area contributed by atoms with Gasteiger partial charge in [0.15, 0.2) is 5.72 Å². The van der Waals surface area contributed by atoms with Gasteiger partial charge in [-0.05, 0) is 40.5 Å². The van der Waals surface area contributed by atoms with E-state index in [0.717, 1.165) is 19.3 Å². The Morgan fingerprint density at radius 3 is 2.00 bits per heavy atom. The Kier molecular flexibility index (Phi) is 5.27. The van der Waals surface area contributed by atoms with Crippen molar-refractivity contribution in [3.05, 3.63) is 0 Å². The summed E-state index contributed by atoms with van der Waals surface area (Å²) in [5.41, 5.74) is -1.18. The van der Waals surface area contributed by atoms with Crippen LogP contribution in [0.25, 0.3) is 0 Å². The van der Waals surface area contributed by atoms with Crippen molar-refractivity contribution in [3.63, 3.8) is 0 Å². The smallest absolute Gasteiger partial charge is 0.173 e. The second-order valence-corrected chi connectivity index (χ2v) is 5.04. The first-order chi connectivity index (χ1) is 6.27. The highest BCUT2D eigenvalue weighted by atomic mass is 16.3. The molecule has 14 heavy (non-hydrogen) atoms. The van der Waals surface area contributed by atoms with Crippen LogP contribution < -0.4 is 0 Å². The zero-order valence-electron chi connectivity index (χ0n) is 10.2. The first-order valence-electron chi connectivity index (χ1n) is 5.43. The Balaban J connectivity index is 4.00. The van der Waals surface area contributed by atoms with E-state index in [2.05, 4.69) is 17.2 Å². The Bertz CT molecular complexity index is 180. The molecule has 0 spiro atoms. The van der Waals surface area contributed by atoms with Crippen molar-refractivity contribution in [1.29, 1.82) is 0 Å². The molecule has 0 fully saturated rings. The van der Waals surface area contributed by atoms with Crippen LogP contribution in [0.3, 0.4) is 0 Å². The number of azo groups is 1. The molecule has 1 unspecified atom stereocenters. The van der Waals surface area contributed by atoms with Crippen LogP contribution in [0.1, 0.15) is 60.3 Å². The summed E-state index contributed by atoms with van der Waals surface area (Å²) in [7, 11) is 0. The quantitative estimate of drug-likeness (QED) is 0.535. The highest BCUT2D eigenvalue weighted by Gasteiger charge is 2.19. The standard InChI is InChI=1S/C11H24N2O/c1-6-7-8-9-11(5,14)13-12-10(2,3)4/h14H,6-9H2,1-5H3/b13-12+. The summed E-state index contributed by atoms with van der Waals surface area (Å²) in [6.45, 7) is 9.78. The maximum atomic E-state index is 9.84.